The maximum absolute atomic E-state index is 13.4. The van der Waals surface area contributed by atoms with Crippen LogP contribution in [-0.4, -0.2) is 99.1 Å². The highest BCUT2D eigenvalue weighted by molar-refractivity contribution is 6.61. The molecule has 46 heavy (non-hydrogen) atoms. The van der Waals surface area contributed by atoms with Gasteiger partial charge in [-0.1, -0.05) is 13.8 Å². The highest BCUT2D eigenvalue weighted by Gasteiger charge is 2.66. The molecule has 14 heteroatoms. The zero-order chi connectivity index (χ0) is 33.4. The van der Waals surface area contributed by atoms with Crippen molar-refractivity contribution in [2.45, 2.75) is 83.3 Å². The summed E-state index contributed by atoms with van der Waals surface area (Å²) in [7, 11) is 0. The summed E-state index contributed by atoms with van der Waals surface area (Å²) >= 11 is 10.5. The largest absolute Gasteiger partial charge is 0.508 e. The van der Waals surface area contributed by atoms with Crippen LogP contribution in [-0.2, 0) is 38.0 Å². The molecule has 4 fully saturated rings. The average molecular weight is 696 g/mol. The molecule has 8 atom stereocenters. The zero-order valence-corrected chi connectivity index (χ0v) is 28.3. The molecule has 0 aromatic rings. The molecule has 0 amide bonds. The Labute approximate surface area is 280 Å². The number of fused-ring (bicyclic) bond motifs is 5. The topological polar surface area (TPSA) is 153 Å². The van der Waals surface area contributed by atoms with E-state index >= 15 is 0 Å². The maximum Gasteiger partial charge on any atom is 0.508 e. The van der Waals surface area contributed by atoms with Crippen LogP contribution in [0.25, 0.3) is 0 Å². The van der Waals surface area contributed by atoms with E-state index in [2.05, 4.69) is 11.7 Å². The molecular formula is C32H48Cl2O12. The van der Waals surface area contributed by atoms with Gasteiger partial charge in [-0.15, -0.1) is 0 Å². The lowest BCUT2D eigenvalue weighted by molar-refractivity contribution is -0.174. The van der Waals surface area contributed by atoms with E-state index in [-0.39, 0.29) is 50.5 Å². The van der Waals surface area contributed by atoms with Gasteiger partial charge in [-0.25, -0.2) is 14.4 Å². The molecule has 5 unspecified atom stereocenters. The molecule has 0 saturated heterocycles. The Balaban J connectivity index is 1.14. The van der Waals surface area contributed by atoms with Crippen LogP contribution < -0.4 is 0 Å². The summed E-state index contributed by atoms with van der Waals surface area (Å²) in [5.41, 5.74) is -3.62. The monoisotopic (exact) mass is 694 g/mol. The Kier molecular flexibility index (Phi) is 13.4. The fraction of sp³-hybridized carbons (Fsp3) is 0.875. The molecule has 4 aliphatic rings. The first-order valence-electron chi connectivity index (χ1n) is 16.4. The summed E-state index contributed by atoms with van der Waals surface area (Å²) in [4.78, 5) is 47.3. The second kappa shape index (κ2) is 16.6. The van der Waals surface area contributed by atoms with Crippen molar-refractivity contribution < 1.29 is 57.4 Å². The number of carbonyl (C=O) groups excluding carboxylic acids is 4. The number of ether oxygens (including phenoxy) is 7. The Hall–Kier alpha value is -1.70. The van der Waals surface area contributed by atoms with Gasteiger partial charge >= 0.3 is 17.0 Å². The van der Waals surface area contributed by atoms with Gasteiger partial charge < -0.3 is 38.3 Å². The molecule has 12 nitrogen and oxygen atoms in total. The Bertz CT molecular complexity index is 1080. The molecule has 0 aliphatic heterocycles. The predicted molar refractivity (Wildman–Crippen MR) is 165 cm³/mol. The van der Waals surface area contributed by atoms with Gasteiger partial charge in [0.05, 0.1) is 39.6 Å². The number of carbonyl (C=O) groups is 4. The van der Waals surface area contributed by atoms with Crippen LogP contribution >= 0.6 is 23.2 Å². The first kappa shape index (κ1) is 37.1. The molecule has 0 radical (unpaired) electrons. The summed E-state index contributed by atoms with van der Waals surface area (Å²) in [5, 5.41) is 11.8. The zero-order valence-electron chi connectivity index (χ0n) is 26.8. The van der Waals surface area contributed by atoms with Crippen LogP contribution in [0.5, 0.6) is 0 Å². The third kappa shape index (κ3) is 8.66. The van der Waals surface area contributed by atoms with Gasteiger partial charge in [-0.05, 0) is 86.9 Å². The molecule has 4 aliphatic carbocycles. The van der Waals surface area contributed by atoms with Gasteiger partial charge in [0.1, 0.15) is 24.9 Å². The minimum atomic E-state index is -1.56. The third-order valence-electron chi connectivity index (χ3n) is 11.4. The van der Waals surface area contributed by atoms with E-state index in [4.69, 9.17) is 51.6 Å². The number of ketones is 1. The fourth-order valence-electron chi connectivity index (χ4n) is 9.12. The number of Topliss-reactive ketones (excluding diaryl/α,β-unsaturated/α-hetero) is 1. The highest BCUT2D eigenvalue weighted by atomic mass is 35.5. The Morgan fingerprint density at radius 3 is 1.93 bits per heavy atom. The molecule has 0 aromatic carbocycles. The lowest BCUT2D eigenvalue weighted by Gasteiger charge is -2.61. The molecular weight excluding hydrogens is 647 g/mol. The number of rotatable bonds is 16. The van der Waals surface area contributed by atoms with Gasteiger partial charge in [0.25, 0.3) is 0 Å². The van der Waals surface area contributed by atoms with E-state index in [1.807, 2.05) is 6.92 Å². The molecule has 0 spiro atoms. The van der Waals surface area contributed by atoms with E-state index in [9.17, 15) is 24.3 Å². The SMILES string of the molecule is CC12CC[C@@H](OC(=O)Cl)C[C@H]1CCC1C2CCC2(C)C1CC[C@]2(O)C(=O)COC(=O)OCCOCCOCCOCCOC(=O)Cl. The first-order valence-corrected chi connectivity index (χ1v) is 17.1. The first-order chi connectivity index (χ1) is 21.9. The van der Waals surface area contributed by atoms with Crippen molar-refractivity contribution >= 4 is 46.0 Å². The Morgan fingerprint density at radius 2 is 1.30 bits per heavy atom. The number of hydrogen-bond donors (Lipinski definition) is 1. The number of hydrogen-bond acceptors (Lipinski definition) is 12. The van der Waals surface area contributed by atoms with Crippen molar-refractivity contribution in [1.29, 1.82) is 0 Å². The summed E-state index contributed by atoms with van der Waals surface area (Å²) < 4.78 is 35.9. The van der Waals surface area contributed by atoms with Gasteiger partial charge in [-0.3, -0.25) is 4.79 Å². The third-order valence-corrected chi connectivity index (χ3v) is 11.6. The van der Waals surface area contributed by atoms with E-state index in [1.165, 1.54) is 0 Å². The molecule has 4 rings (SSSR count). The van der Waals surface area contributed by atoms with Crippen LogP contribution in [0.3, 0.4) is 0 Å². The second-order valence-corrected chi connectivity index (χ2v) is 14.1. The average Bonchev–Trinajstić information content (AvgIpc) is 3.29. The quantitative estimate of drug-likeness (QED) is 0.0919. The predicted octanol–water partition coefficient (Wildman–Crippen LogP) is 5.65. The molecule has 1 N–H and O–H groups in total. The standard InChI is InChI=1S/C32H48Cl2O12/c1-30-8-5-22(46-28(34)37)19-21(30)3-4-23-24(30)6-9-31(2)25(23)7-10-32(31,39)26(35)20-45-29(38)44-18-16-42-14-12-40-11-13-41-15-17-43-27(33)36/h21-25,39H,3-20H2,1-2H3/t21-,22-,23?,24?,25?,30?,31?,32+/m1/s1. The van der Waals surface area contributed by atoms with Crippen LogP contribution in [0.1, 0.15) is 71.6 Å². The van der Waals surface area contributed by atoms with Crippen molar-refractivity contribution in [2.75, 3.05) is 59.5 Å². The summed E-state index contributed by atoms with van der Waals surface area (Å²) in [6.07, 6.45) is 6.34. The van der Waals surface area contributed by atoms with Crippen LogP contribution in [0, 0.1) is 34.5 Å². The van der Waals surface area contributed by atoms with Crippen molar-refractivity contribution in [3.8, 4) is 0 Å². The van der Waals surface area contributed by atoms with E-state index in [0.29, 0.717) is 44.0 Å². The molecule has 262 valence electrons. The van der Waals surface area contributed by atoms with Crippen molar-refractivity contribution in [2.24, 2.45) is 34.5 Å². The minimum Gasteiger partial charge on any atom is -0.451 e. The lowest BCUT2D eigenvalue weighted by Crippen LogP contribution is -2.59. The minimum absolute atomic E-state index is 0.0582. The van der Waals surface area contributed by atoms with Crippen molar-refractivity contribution in [3.05, 3.63) is 0 Å². The molecule has 0 heterocycles. The Morgan fingerprint density at radius 1 is 0.696 bits per heavy atom. The van der Waals surface area contributed by atoms with Crippen LogP contribution in [0.2, 0.25) is 0 Å². The van der Waals surface area contributed by atoms with Crippen LogP contribution in [0.4, 0.5) is 14.4 Å². The number of aliphatic hydroxyl groups is 1. The van der Waals surface area contributed by atoms with Crippen molar-refractivity contribution in [1.82, 2.24) is 0 Å². The van der Waals surface area contributed by atoms with Gasteiger partial charge in [0, 0.05) is 28.6 Å². The van der Waals surface area contributed by atoms with Crippen LogP contribution in [0.15, 0.2) is 0 Å². The fourth-order valence-corrected chi connectivity index (χ4v) is 9.33. The van der Waals surface area contributed by atoms with Gasteiger partial charge in [0.2, 0.25) is 5.78 Å². The maximum atomic E-state index is 13.4. The van der Waals surface area contributed by atoms with E-state index < -0.39 is 40.4 Å². The van der Waals surface area contributed by atoms with Crippen molar-refractivity contribution in [3.63, 3.8) is 0 Å². The van der Waals surface area contributed by atoms with E-state index in [0.717, 1.165) is 51.4 Å². The molecule has 4 saturated carbocycles. The normalized spacial score (nSPS) is 34.8. The van der Waals surface area contributed by atoms with Gasteiger partial charge in [0.15, 0.2) is 6.61 Å². The summed E-state index contributed by atoms with van der Waals surface area (Å²) in [6, 6.07) is 0. The second-order valence-electron chi connectivity index (χ2n) is 13.5. The highest BCUT2D eigenvalue weighted by Crippen LogP contribution is 2.68. The smallest absolute Gasteiger partial charge is 0.451 e. The van der Waals surface area contributed by atoms with Gasteiger partial charge in [-0.2, -0.15) is 0 Å². The summed E-state index contributed by atoms with van der Waals surface area (Å²) in [6.45, 7) is 5.47. The van der Waals surface area contributed by atoms with E-state index in [1.54, 1.807) is 0 Å². The summed E-state index contributed by atoms with van der Waals surface area (Å²) in [5.74, 6) is 1.09. The molecule has 0 bridgehead atoms. The number of halogens is 2. The molecule has 0 aromatic heterocycles. The lowest BCUT2D eigenvalue weighted by atomic mass is 9.44.